The Morgan fingerprint density at radius 2 is 2.33 bits per heavy atom. The summed E-state index contributed by atoms with van der Waals surface area (Å²) in [4.78, 5) is 13.8. The lowest BCUT2D eigenvalue weighted by molar-refractivity contribution is -0.00859. The number of aryl methyl sites for hydroxylation is 1. The molecule has 5 heteroatoms. The normalized spacial score (nSPS) is 20.3. The second-order valence-electron chi connectivity index (χ2n) is 5.12. The number of aliphatic hydroxyl groups is 1. The van der Waals surface area contributed by atoms with Crippen LogP contribution in [0.5, 0.6) is 0 Å². The first-order valence-electron chi connectivity index (χ1n) is 7.26. The third-order valence-electron chi connectivity index (χ3n) is 3.41. The molecule has 21 heavy (non-hydrogen) atoms. The minimum atomic E-state index is -0.0294. The smallest absolute Gasteiger partial charge is 0.261 e. The highest BCUT2D eigenvalue weighted by Crippen LogP contribution is 2.25. The van der Waals surface area contributed by atoms with Crippen molar-refractivity contribution in [2.75, 3.05) is 13.2 Å². The van der Waals surface area contributed by atoms with Crippen LogP contribution in [0.25, 0.3) is 0 Å². The molecule has 4 nitrogen and oxygen atoms in total. The van der Waals surface area contributed by atoms with Crippen LogP contribution in [0.4, 0.5) is 0 Å². The summed E-state index contributed by atoms with van der Waals surface area (Å²) in [5.41, 5.74) is 1.01. The lowest BCUT2D eigenvalue weighted by Gasteiger charge is -2.35. The number of amides is 1. The summed E-state index contributed by atoms with van der Waals surface area (Å²) in [7, 11) is 0. The quantitative estimate of drug-likeness (QED) is 0.819. The summed E-state index contributed by atoms with van der Waals surface area (Å²) in [5, 5.41) is 11.8. The predicted octanol–water partition coefficient (Wildman–Crippen LogP) is 2.09. The Morgan fingerprint density at radius 1 is 1.57 bits per heavy atom. The molecule has 1 saturated carbocycles. The highest BCUT2D eigenvalue weighted by Gasteiger charge is 2.31. The molecule has 1 aromatic rings. The van der Waals surface area contributed by atoms with Gasteiger partial charge in [-0.05, 0) is 38.3 Å². The number of rotatable bonds is 5. The van der Waals surface area contributed by atoms with E-state index in [4.69, 9.17) is 9.84 Å². The van der Waals surface area contributed by atoms with E-state index in [1.54, 1.807) is 0 Å². The number of ether oxygens (including phenoxy) is 1. The first-order valence-corrected chi connectivity index (χ1v) is 8.08. The standard InChI is InChI=1S/C16H21NO3S/c1-3-20-13-9-12(10-13)17-16(19)15-8-11(2)14(21-15)6-4-5-7-18/h8,12-13,18H,3,5,7,9-10H2,1-2H3,(H,17,19). The number of nitrogens with one attached hydrogen (secondary N) is 1. The van der Waals surface area contributed by atoms with Crippen molar-refractivity contribution in [2.45, 2.75) is 45.3 Å². The van der Waals surface area contributed by atoms with Crippen molar-refractivity contribution in [3.8, 4) is 11.8 Å². The van der Waals surface area contributed by atoms with Crippen molar-refractivity contribution in [2.24, 2.45) is 0 Å². The van der Waals surface area contributed by atoms with Gasteiger partial charge < -0.3 is 15.2 Å². The average molecular weight is 307 g/mol. The maximum Gasteiger partial charge on any atom is 0.261 e. The lowest BCUT2D eigenvalue weighted by Crippen LogP contribution is -2.47. The molecule has 0 bridgehead atoms. The Bertz CT molecular complexity index is 550. The topological polar surface area (TPSA) is 58.6 Å². The van der Waals surface area contributed by atoms with E-state index in [9.17, 15) is 4.79 Å². The molecule has 0 saturated heterocycles. The minimum Gasteiger partial charge on any atom is -0.395 e. The molecule has 0 aromatic carbocycles. The third-order valence-corrected chi connectivity index (χ3v) is 4.56. The van der Waals surface area contributed by atoms with Gasteiger partial charge in [0, 0.05) is 19.1 Å². The van der Waals surface area contributed by atoms with E-state index in [2.05, 4.69) is 17.2 Å². The predicted molar refractivity (Wildman–Crippen MR) is 83.5 cm³/mol. The molecule has 1 aromatic heterocycles. The van der Waals surface area contributed by atoms with Crippen LogP contribution in [0.1, 0.15) is 46.3 Å². The first-order chi connectivity index (χ1) is 10.1. The Balaban J connectivity index is 1.89. The summed E-state index contributed by atoms with van der Waals surface area (Å²) in [6, 6.07) is 2.10. The fourth-order valence-corrected chi connectivity index (χ4v) is 3.18. The minimum absolute atomic E-state index is 0.0294. The van der Waals surface area contributed by atoms with Gasteiger partial charge in [-0.15, -0.1) is 11.3 Å². The van der Waals surface area contributed by atoms with Gasteiger partial charge >= 0.3 is 0 Å². The maximum absolute atomic E-state index is 12.2. The summed E-state index contributed by atoms with van der Waals surface area (Å²) < 4.78 is 5.49. The zero-order chi connectivity index (χ0) is 15.2. The van der Waals surface area contributed by atoms with E-state index in [0.717, 1.165) is 29.9 Å². The number of aliphatic hydroxyl groups excluding tert-OH is 1. The molecule has 1 fully saturated rings. The van der Waals surface area contributed by atoms with Gasteiger partial charge in [0.25, 0.3) is 5.91 Å². The third kappa shape index (κ3) is 4.31. The molecule has 0 aliphatic heterocycles. The van der Waals surface area contributed by atoms with Gasteiger partial charge in [0.2, 0.25) is 0 Å². The zero-order valence-corrected chi connectivity index (χ0v) is 13.3. The van der Waals surface area contributed by atoms with E-state index in [1.165, 1.54) is 11.3 Å². The Labute approximate surface area is 129 Å². The lowest BCUT2D eigenvalue weighted by atomic mass is 9.89. The second kappa shape index (κ2) is 7.60. The number of carbonyl (C=O) groups excluding carboxylic acids is 1. The number of hydrogen-bond acceptors (Lipinski definition) is 4. The molecule has 1 aliphatic rings. The van der Waals surface area contributed by atoms with Gasteiger partial charge in [-0.2, -0.15) is 0 Å². The SMILES string of the molecule is CCOC1CC(NC(=O)c2cc(C)c(C#CCCO)s2)C1. The molecule has 0 spiro atoms. The van der Waals surface area contributed by atoms with Crippen LogP contribution in [0, 0.1) is 18.8 Å². The van der Waals surface area contributed by atoms with Gasteiger partial charge in [0.05, 0.1) is 22.5 Å². The number of hydrogen-bond donors (Lipinski definition) is 2. The van der Waals surface area contributed by atoms with Crippen molar-refractivity contribution in [3.05, 3.63) is 21.4 Å². The number of carbonyl (C=O) groups is 1. The van der Waals surface area contributed by atoms with Gasteiger partial charge in [-0.25, -0.2) is 0 Å². The van der Waals surface area contributed by atoms with Crippen LogP contribution in [0.3, 0.4) is 0 Å². The Morgan fingerprint density at radius 3 is 3.00 bits per heavy atom. The highest BCUT2D eigenvalue weighted by molar-refractivity contribution is 7.14. The monoisotopic (exact) mass is 307 g/mol. The Kier molecular flexibility index (Phi) is 5.80. The number of thiophene rings is 1. The summed E-state index contributed by atoms with van der Waals surface area (Å²) in [6.07, 6.45) is 2.55. The van der Waals surface area contributed by atoms with Crippen molar-refractivity contribution in [3.63, 3.8) is 0 Å². The molecule has 0 radical (unpaired) electrons. The van der Waals surface area contributed by atoms with E-state index in [1.807, 2.05) is 19.9 Å². The summed E-state index contributed by atoms with van der Waals surface area (Å²) in [5.74, 6) is 5.86. The molecule has 0 unspecified atom stereocenters. The maximum atomic E-state index is 12.2. The molecule has 2 rings (SSSR count). The van der Waals surface area contributed by atoms with E-state index < -0.39 is 0 Å². The van der Waals surface area contributed by atoms with Gasteiger partial charge in [0.15, 0.2) is 0 Å². The van der Waals surface area contributed by atoms with Crippen LogP contribution in [0.2, 0.25) is 0 Å². The zero-order valence-electron chi connectivity index (χ0n) is 12.4. The van der Waals surface area contributed by atoms with Gasteiger partial charge in [0.1, 0.15) is 0 Å². The highest BCUT2D eigenvalue weighted by atomic mass is 32.1. The van der Waals surface area contributed by atoms with E-state index >= 15 is 0 Å². The molecule has 114 valence electrons. The van der Waals surface area contributed by atoms with Gasteiger partial charge in [-0.3, -0.25) is 4.79 Å². The van der Waals surface area contributed by atoms with Crippen LogP contribution in [0.15, 0.2) is 6.07 Å². The molecule has 1 heterocycles. The van der Waals surface area contributed by atoms with Crippen molar-refractivity contribution in [1.29, 1.82) is 0 Å². The van der Waals surface area contributed by atoms with E-state index in [-0.39, 0.29) is 18.6 Å². The van der Waals surface area contributed by atoms with Crippen LogP contribution < -0.4 is 5.32 Å². The first kappa shape index (κ1) is 16.0. The Hall–Kier alpha value is -1.35. The summed E-state index contributed by atoms with van der Waals surface area (Å²) >= 11 is 1.41. The van der Waals surface area contributed by atoms with Gasteiger partial charge in [-0.1, -0.05) is 11.8 Å². The second-order valence-corrected chi connectivity index (χ2v) is 6.17. The molecular weight excluding hydrogens is 286 g/mol. The molecule has 1 aliphatic carbocycles. The van der Waals surface area contributed by atoms with Crippen LogP contribution in [-0.4, -0.2) is 36.4 Å². The van der Waals surface area contributed by atoms with Crippen molar-refractivity contribution < 1.29 is 14.6 Å². The van der Waals surface area contributed by atoms with Crippen LogP contribution >= 0.6 is 11.3 Å². The molecular formula is C16H21NO3S. The average Bonchev–Trinajstić information content (AvgIpc) is 2.78. The fraction of sp³-hybridized carbons (Fsp3) is 0.562. The molecule has 0 atom stereocenters. The van der Waals surface area contributed by atoms with Crippen LogP contribution in [-0.2, 0) is 4.74 Å². The largest absolute Gasteiger partial charge is 0.395 e. The van der Waals surface area contributed by atoms with Crippen molar-refractivity contribution >= 4 is 17.2 Å². The molecule has 1 amide bonds. The van der Waals surface area contributed by atoms with Crippen molar-refractivity contribution in [1.82, 2.24) is 5.32 Å². The fourth-order valence-electron chi connectivity index (χ4n) is 2.23. The summed E-state index contributed by atoms with van der Waals surface area (Å²) in [6.45, 7) is 4.73. The van der Waals surface area contributed by atoms with E-state index in [0.29, 0.717) is 17.4 Å². The molecule has 2 N–H and O–H groups in total.